The van der Waals surface area contributed by atoms with Gasteiger partial charge >= 0.3 is 6.03 Å². The topological polar surface area (TPSA) is 64.6 Å². The maximum Gasteiger partial charge on any atom is 0.321 e. The monoisotopic (exact) mass is 253 g/mol. The Morgan fingerprint density at radius 3 is 2.67 bits per heavy atom. The number of carbonyl (C=O) groups excluding carboxylic acids is 1. The maximum absolute atomic E-state index is 12.7. The van der Waals surface area contributed by atoms with Crippen LogP contribution in [0.5, 0.6) is 0 Å². The van der Waals surface area contributed by atoms with Crippen molar-refractivity contribution in [2.45, 2.75) is 12.1 Å². The van der Waals surface area contributed by atoms with Crippen LogP contribution in [0.4, 0.5) is 14.9 Å². The van der Waals surface area contributed by atoms with Crippen molar-refractivity contribution in [3.8, 4) is 0 Å². The summed E-state index contributed by atoms with van der Waals surface area (Å²) in [5.74, 6) is -0.350. The van der Waals surface area contributed by atoms with Crippen LogP contribution in [0.15, 0.2) is 24.3 Å². The summed E-state index contributed by atoms with van der Waals surface area (Å²) < 4.78 is 12.7. The SMILES string of the molecule is CN(C(=O)Nc1ccc(F)cc1)[C@@H]1CNC[C@H]1O. The number of rotatable bonds is 2. The van der Waals surface area contributed by atoms with Crippen LogP contribution in [0.1, 0.15) is 0 Å². The minimum atomic E-state index is -0.561. The van der Waals surface area contributed by atoms with E-state index in [1.54, 1.807) is 7.05 Å². The zero-order valence-electron chi connectivity index (χ0n) is 10.1. The minimum Gasteiger partial charge on any atom is -0.390 e. The standard InChI is InChI=1S/C12H16FN3O2/c1-16(10-6-14-7-11(10)17)12(18)15-9-4-2-8(13)3-5-9/h2-5,10-11,14,17H,6-7H2,1H3,(H,15,18)/t10-,11-/m1/s1. The number of nitrogens with one attached hydrogen (secondary N) is 2. The lowest BCUT2D eigenvalue weighted by Crippen LogP contribution is -2.46. The predicted octanol–water partition coefficient (Wildman–Crippen LogP) is 0.622. The van der Waals surface area contributed by atoms with E-state index in [0.29, 0.717) is 18.8 Å². The molecule has 1 aromatic carbocycles. The predicted molar refractivity (Wildman–Crippen MR) is 65.8 cm³/mol. The van der Waals surface area contributed by atoms with E-state index < -0.39 is 6.10 Å². The first kappa shape index (κ1) is 12.8. The number of halogens is 1. The van der Waals surface area contributed by atoms with Crippen LogP contribution in [0.2, 0.25) is 0 Å². The molecule has 1 aliphatic heterocycles. The van der Waals surface area contributed by atoms with Gasteiger partial charge in [-0.1, -0.05) is 0 Å². The summed E-state index contributed by atoms with van der Waals surface area (Å²) in [6.07, 6.45) is -0.561. The van der Waals surface area contributed by atoms with Gasteiger partial charge in [-0.3, -0.25) is 0 Å². The molecule has 1 aliphatic rings. The Kier molecular flexibility index (Phi) is 3.78. The van der Waals surface area contributed by atoms with Crippen LogP contribution < -0.4 is 10.6 Å². The van der Waals surface area contributed by atoms with Crippen LogP contribution in [0, 0.1) is 5.82 Å². The average molecular weight is 253 g/mol. The summed E-state index contributed by atoms with van der Waals surface area (Å²) in [5.41, 5.74) is 0.522. The smallest absolute Gasteiger partial charge is 0.321 e. The number of benzene rings is 1. The van der Waals surface area contributed by atoms with Crippen molar-refractivity contribution in [2.75, 3.05) is 25.5 Å². The summed E-state index contributed by atoms with van der Waals surface area (Å²) in [4.78, 5) is 13.4. The molecule has 2 rings (SSSR count). The number of hydrogen-bond donors (Lipinski definition) is 3. The number of aliphatic hydroxyl groups is 1. The molecule has 1 aromatic rings. The number of carbonyl (C=O) groups is 1. The summed E-state index contributed by atoms with van der Waals surface area (Å²) in [6.45, 7) is 1.05. The Bertz CT molecular complexity index is 424. The highest BCUT2D eigenvalue weighted by atomic mass is 19.1. The average Bonchev–Trinajstić information content (AvgIpc) is 2.77. The van der Waals surface area contributed by atoms with Crippen molar-refractivity contribution in [3.63, 3.8) is 0 Å². The van der Waals surface area contributed by atoms with Crippen molar-refractivity contribution in [1.29, 1.82) is 0 Å². The van der Waals surface area contributed by atoms with Crippen LogP contribution in [0.25, 0.3) is 0 Å². The number of nitrogens with zero attached hydrogens (tertiary/aromatic N) is 1. The van der Waals surface area contributed by atoms with Gasteiger partial charge in [0, 0.05) is 25.8 Å². The molecule has 1 saturated heterocycles. The molecule has 0 spiro atoms. The van der Waals surface area contributed by atoms with Gasteiger partial charge in [-0.05, 0) is 24.3 Å². The molecule has 2 amide bonds. The van der Waals surface area contributed by atoms with Gasteiger partial charge in [-0.2, -0.15) is 0 Å². The Hall–Kier alpha value is -1.66. The molecule has 0 bridgehead atoms. The summed E-state index contributed by atoms with van der Waals surface area (Å²) in [7, 11) is 1.62. The lowest BCUT2D eigenvalue weighted by Gasteiger charge is -2.26. The van der Waals surface area contributed by atoms with Gasteiger partial charge in [0.2, 0.25) is 0 Å². The molecule has 18 heavy (non-hydrogen) atoms. The molecule has 0 radical (unpaired) electrons. The van der Waals surface area contributed by atoms with Crippen molar-refractivity contribution < 1.29 is 14.3 Å². The molecule has 0 unspecified atom stereocenters. The third-order valence-electron chi connectivity index (χ3n) is 3.06. The van der Waals surface area contributed by atoms with Crippen molar-refractivity contribution in [2.24, 2.45) is 0 Å². The Morgan fingerprint density at radius 1 is 1.44 bits per heavy atom. The number of amides is 2. The molecule has 3 N–H and O–H groups in total. The number of anilines is 1. The van der Waals surface area contributed by atoms with Crippen LogP contribution in [0.3, 0.4) is 0 Å². The van der Waals surface area contributed by atoms with Gasteiger partial charge < -0.3 is 20.6 Å². The highest BCUT2D eigenvalue weighted by Gasteiger charge is 2.31. The van der Waals surface area contributed by atoms with E-state index in [1.165, 1.54) is 29.2 Å². The number of hydrogen-bond acceptors (Lipinski definition) is 3. The largest absolute Gasteiger partial charge is 0.390 e. The Morgan fingerprint density at radius 2 is 2.11 bits per heavy atom. The highest BCUT2D eigenvalue weighted by molar-refractivity contribution is 5.89. The highest BCUT2D eigenvalue weighted by Crippen LogP contribution is 2.12. The van der Waals surface area contributed by atoms with Crippen LogP contribution in [-0.2, 0) is 0 Å². The second kappa shape index (κ2) is 5.32. The third-order valence-corrected chi connectivity index (χ3v) is 3.06. The van der Waals surface area contributed by atoms with E-state index in [0.717, 1.165) is 0 Å². The summed E-state index contributed by atoms with van der Waals surface area (Å²) >= 11 is 0. The molecule has 0 aliphatic carbocycles. The summed E-state index contributed by atoms with van der Waals surface area (Å²) in [5, 5.41) is 15.3. The van der Waals surface area contributed by atoms with E-state index >= 15 is 0 Å². The molecule has 0 aromatic heterocycles. The van der Waals surface area contributed by atoms with Gasteiger partial charge in [-0.25, -0.2) is 9.18 Å². The Labute approximate surface area is 105 Å². The molecule has 98 valence electrons. The fraction of sp³-hybridized carbons (Fsp3) is 0.417. The van der Waals surface area contributed by atoms with E-state index in [1.807, 2.05) is 0 Å². The van der Waals surface area contributed by atoms with Gasteiger partial charge in [0.1, 0.15) is 5.82 Å². The summed E-state index contributed by atoms with van der Waals surface area (Å²) in [6, 6.07) is 4.97. The van der Waals surface area contributed by atoms with Gasteiger partial charge in [0.15, 0.2) is 0 Å². The zero-order valence-corrected chi connectivity index (χ0v) is 10.1. The molecule has 5 nitrogen and oxygen atoms in total. The van der Waals surface area contributed by atoms with Gasteiger partial charge in [0.05, 0.1) is 12.1 Å². The fourth-order valence-electron chi connectivity index (χ4n) is 1.94. The van der Waals surface area contributed by atoms with E-state index in [9.17, 15) is 14.3 Å². The number of aliphatic hydroxyl groups excluding tert-OH is 1. The van der Waals surface area contributed by atoms with Crippen LogP contribution in [-0.4, -0.2) is 48.3 Å². The normalized spacial score (nSPS) is 22.8. The number of β-amino-alcohol motifs (C(OH)–C–C–N with tert-alkyl or cyclic N) is 1. The van der Waals surface area contributed by atoms with Crippen molar-refractivity contribution >= 4 is 11.7 Å². The lowest BCUT2D eigenvalue weighted by atomic mass is 10.2. The molecule has 6 heteroatoms. The lowest BCUT2D eigenvalue weighted by molar-refractivity contribution is 0.115. The quantitative estimate of drug-likeness (QED) is 0.724. The van der Waals surface area contributed by atoms with E-state index in [-0.39, 0.29) is 17.9 Å². The molecule has 0 saturated carbocycles. The first-order chi connectivity index (χ1) is 8.58. The maximum atomic E-state index is 12.7. The van der Waals surface area contributed by atoms with Crippen molar-refractivity contribution in [1.82, 2.24) is 10.2 Å². The second-order valence-electron chi connectivity index (χ2n) is 4.34. The first-order valence-corrected chi connectivity index (χ1v) is 5.76. The van der Waals surface area contributed by atoms with Crippen LogP contribution >= 0.6 is 0 Å². The molecule has 1 fully saturated rings. The number of likely N-dealkylation sites (N-methyl/N-ethyl adjacent to an activating group) is 1. The first-order valence-electron chi connectivity index (χ1n) is 5.76. The van der Waals surface area contributed by atoms with Crippen molar-refractivity contribution in [3.05, 3.63) is 30.1 Å². The minimum absolute atomic E-state index is 0.245. The number of urea groups is 1. The molecular formula is C12H16FN3O2. The molecular weight excluding hydrogens is 237 g/mol. The van der Waals surface area contributed by atoms with Gasteiger partial charge in [0.25, 0.3) is 0 Å². The molecule has 2 atom stereocenters. The second-order valence-corrected chi connectivity index (χ2v) is 4.34. The third kappa shape index (κ3) is 2.77. The van der Waals surface area contributed by atoms with E-state index in [2.05, 4.69) is 10.6 Å². The van der Waals surface area contributed by atoms with Gasteiger partial charge in [-0.15, -0.1) is 0 Å². The molecule has 1 heterocycles. The zero-order chi connectivity index (χ0) is 13.1. The Balaban J connectivity index is 1.97. The fourth-order valence-corrected chi connectivity index (χ4v) is 1.94. The van der Waals surface area contributed by atoms with E-state index in [4.69, 9.17) is 0 Å².